The van der Waals surface area contributed by atoms with Crippen molar-refractivity contribution in [2.24, 2.45) is 51.4 Å². The number of carbonyl (C=O) groups is 14. The third-order valence-electron chi connectivity index (χ3n) is 14.0. The van der Waals surface area contributed by atoms with Crippen LogP contribution in [0.15, 0.2) is 4.99 Å². The highest BCUT2D eigenvalue weighted by molar-refractivity contribution is 7.98. The monoisotopic (exact) mass is 1340 g/mol. The van der Waals surface area contributed by atoms with Gasteiger partial charge < -0.3 is 102 Å². The van der Waals surface area contributed by atoms with Crippen molar-refractivity contribution in [1.82, 2.24) is 53.2 Å². The maximum atomic E-state index is 14.3. The number of hydrogen-bond donors (Lipinski definition) is 19. The zero-order chi connectivity index (χ0) is 71.1. The van der Waals surface area contributed by atoms with Gasteiger partial charge in [-0.3, -0.25) is 67.3 Å². The molecule has 0 spiro atoms. The fourth-order valence-corrected chi connectivity index (χ4v) is 9.57. The van der Waals surface area contributed by atoms with Crippen molar-refractivity contribution < 1.29 is 87.5 Å². The van der Waals surface area contributed by atoms with Gasteiger partial charge in [0.15, 0.2) is 5.96 Å². The maximum Gasteiger partial charge on any atom is 0.326 e. The molecule has 11 atom stereocenters. The van der Waals surface area contributed by atoms with Gasteiger partial charge in [-0.1, -0.05) is 41.5 Å². The smallest absolute Gasteiger partial charge is 0.326 e. The molecule has 34 nitrogen and oxygen atoms in total. The third kappa shape index (κ3) is 37.4. The first-order valence-electron chi connectivity index (χ1n) is 31.2. The van der Waals surface area contributed by atoms with Crippen LogP contribution >= 0.6 is 11.8 Å². The molecule has 35 heteroatoms. The fourth-order valence-electron chi connectivity index (χ4n) is 9.10. The van der Waals surface area contributed by atoms with Crippen molar-refractivity contribution in [3.8, 4) is 0 Å². The molecule has 0 aliphatic carbocycles. The van der Waals surface area contributed by atoms with Crippen LogP contribution in [-0.2, 0) is 67.1 Å². The van der Waals surface area contributed by atoms with Crippen molar-refractivity contribution in [2.45, 2.75) is 224 Å². The number of carbonyl (C=O) groups excluding carboxylic acids is 10. The largest absolute Gasteiger partial charge is 0.481 e. The highest BCUT2D eigenvalue weighted by Gasteiger charge is 2.37. The van der Waals surface area contributed by atoms with E-state index in [1.54, 1.807) is 47.8 Å². The second kappa shape index (κ2) is 46.2. The molecule has 0 heterocycles. The molecule has 0 aliphatic heterocycles. The lowest BCUT2D eigenvalue weighted by molar-refractivity contribution is -0.143. The summed E-state index contributed by atoms with van der Waals surface area (Å²) in [5.74, 6) is -16.1. The van der Waals surface area contributed by atoms with Crippen LogP contribution in [0.3, 0.4) is 0 Å². The molecule has 0 aromatic carbocycles. The molecule has 0 aromatic heterocycles. The number of rotatable bonds is 50. The summed E-state index contributed by atoms with van der Waals surface area (Å²) < 4.78 is 0. The van der Waals surface area contributed by atoms with Crippen LogP contribution in [0.5, 0.6) is 0 Å². The van der Waals surface area contributed by atoms with E-state index in [1.807, 2.05) is 0 Å². The molecule has 0 bridgehead atoms. The average Bonchev–Trinajstić information content (AvgIpc) is 1.75. The number of guanidine groups is 1. The van der Waals surface area contributed by atoms with Gasteiger partial charge in [0, 0.05) is 19.4 Å². The Bertz CT molecular complexity index is 2510. The maximum absolute atomic E-state index is 14.3. The van der Waals surface area contributed by atoms with E-state index in [4.69, 9.17) is 28.7 Å². The van der Waals surface area contributed by atoms with E-state index in [2.05, 4.69) is 58.2 Å². The number of nitrogens with zero attached hydrogens (tertiary/aromatic N) is 1. The Labute approximate surface area is 546 Å². The summed E-state index contributed by atoms with van der Waals surface area (Å²) in [5, 5.41) is 63.4. The minimum Gasteiger partial charge on any atom is -0.481 e. The number of aliphatic carboxylic acids is 4. The Hall–Kier alpha value is -7.92. The van der Waals surface area contributed by atoms with Crippen molar-refractivity contribution in [1.29, 1.82) is 0 Å². The molecule has 0 saturated carbocycles. The Balaban J connectivity index is 6.93. The number of thioether (sulfide) groups is 1. The molecule has 24 N–H and O–H groups in total. The predicted octanol–water partition coefficient (Wildman–Crippen LogP) is -3.33. The fraction of sp³-hybridized carbons (Fsp3) is 0.741. The molecule has 530 valence electrons. The van der Waals surface area contributed by atoms with E-state index in [0.717, 1.165) is 0 Å². The number of nitrogens with two attached hydrogens (primary N) is 5. The Morgan fingerprint density at radius 3 is 1.10 bits per heavy atom. The lowest BCUT2D eigenvalue weighted by Crippen LogP contribution is -2.61. The van der Waals surface area contributed by atoms with E-state index in [9.17, 15) is 87.5 Å². The van der Waals surface area contributed by atoms with Crippen LogP contribution in [0.2, 0.25) is 0 Å². The second-order valence-corrected chi connectivity index (χ2v) is 24.9. The van der Waals surface area contributed by atoms with E-state index >= 15 is 0 Å². The summed E-state index contributed by atoms with van der Waals surface area (Å²) in [6, 6.07) is -16.2. The molecule has 0 unspecified atom stereocenters. The SMILES string of the molecule is CSCC[C@H](NC(=O)[C@@H](N)CCCN=C(N)N)C(=O)N[C@@H](CCCCN)C(=O)N[C@@H](CCCCN)C(=O)N[C@@H](CC(C)C)C(=O)N[C@@H](CC(=O)O)C(=O)N[C@@H](CCC(=O)O)C(=O)N[C@@H](CCC(=O)O)C(=O)N[C@@H](C)C(=O)N[C@@H](CC(C)C)C(=O)N[C@@H](CC(C)C)C(=O)O. The first kappa shape index (κ1) is 85.1. The molecule has 0 fully saturated rings. The summed E-state index contributed by atoms with van der Waals surface area (Å²) >= 11 is 1.39. The molecule has 93 heavy (non-hydrogen) atoms. The number of amides is 10. The quantitative estimate of drug-likeness (QED) is 0.0161. The van der Waals surface area contributed by atoms with Crippen LogP contribution in [0.25, 0.3) is 0 Å². The van der Waals surface area contributed by atoms with Crippen molar-refractivity contribution in [2.75, 3.05) is 31.6 Å². The number of nitrogens with one attached hydrogen (secondary N) is 10. The highest BCUT2D eigenvalue weighted by atomic mass is 32.2. The van der Waals surface area contributed by atoms with Gasteiger partial charge >= 0.3 is 23.9 Å². The first-order valence-corrected chi connectivity index (χ1v) is 32.6. The van der Waals surface area contributed by atoms with Gasteiger partial charge in [-0.25, -0.2) is 4.79 Å². The molecular formula is C58H104N16O18S. The first-order chi connectivity index (χ1) is 43.6. The Morgan fingerprint density at radius 2 is 0.720 bits per heavy atom. The van der Waals surface area contributed by atoms with Gasteiger partial charge in [0.25, 0.3) is 0 Å². The number of unbranched alkanes of at least 4 members (excludes halogenated alkanes) is 2. The summed E-state index contributed by atoms with van der Waals surface area (Å²) in [6.07, 6.45) is -0.262. The topological polar surface area (TPSA) is 583 Å². The van der Waals surface area contributed by atoms with Crippen molar-refractivity contribution in [3.63, 3.8) is 0 Å². The molecular weight excluding hydrogens is 1240 g/mol. The Kier molecular flexibility index (Phi) is 42.3. The number of carboxylic acid groups (broad SMARTS) is 4. The van der Waals surface area contributed by atoms with Crippen LogP contribution in [0.1, 0.15) is 158 Å². The van der Waals surface area contributed by atoms with Gasteiger partial charge in [-0.15, -0.1) is 0 Å². The molecule has 10 amide bonds. The summed E-state index contributed by atoms with van der Waals surface area (Å²) in [6.45, 7) is 12.1. The van der Waals surface area contributed by atoms with Gasteiger partial charge in [0.2, 0.25) is 59.1 Å². The van der Waals surface area contributed by atoms with Crippen LogP contribution in [0, 0.1) is 17.8 Å². The van der Waals surface area contributed by atoms with Gasteiger partial charge in [0.1, 0.15) is 60.4 Å². The molecule has 0 radical (unpaired) electrons. The summed E-state index contributed by atoms with van der Waals surface area (Å²) in [5.41, 5.74) is 28.4. The number of carboxylic acids is 4. The molecule has 0 aromatic rings. The van der Waals surface area contributed by atoms with E-state index in [1.165, 1.54) is 18.7 Å². The van der Waals surface area contributed by atoms with Crippen LogP contribution < -0.4 is 81.8 Å². The van der Waals surface area contributed by atoms with E-state index in [-0.39, 0.29) is 94.7 Å². The molecule has 0 saturated heterocycles. The second-order valence-electron chi connectivity index (χ2n) is 23.9. The van der Waals surface area contributed by atoms with Crippen LogP contribution in [0.4, 0.5) is 0 Å². The lowest BCUT2D eigenvalue weighted by Gasteiger charge is -2.28. The van der Waals surface area contributed by atoms with Gasteiger partial charge in [0.05, 0.1) is 12.5 Å². The average molecular weight is 1350 g/mol. The number of aliphatic imine (C=N–C) groups is 1. The van der Waals surface area contributed by atoms with Crippen molar-refractivity contribution in [3.05, 3.63) is 0 Å². The van der Waals surface area contributed by atoms with E-state index < -0.39 is 182 Å². The minimum atomic E-state index is -2.05. The Morgan fingerprint density at radius 1 is 0.387 bits per heavy atom. The molecule has 0 rings (SSSR count). The van der Waals surface area contributed by atoms with Gasteiger partial charge in [-0.2, -0.15) is 11.8 Å². The zero-order valence-corrected chi connectivity index (χ0v) is 55.5. The van der Waals surface area contributed by atoms with E-state index in [0.29, 0.717) is 31.4 Å². The standard InChI is InChI=1S/C58H104N16O18S/c1-30(2)26-40(55(89)74-43(57(91)92)28-32(5)6)71-47(81)33(7)65-49(83)37(17-19-44(75)76)69-52(86)38(18-20-45(77)78)70-56(90)42(29-46(79)80)73-54(88)41(27-31(3)4)72-51(85)36(16-10-12-23-60)67-50(84)35(15-9-11-22-59)68-53(87)39(21-25-93-8)66-48(82)34(61)14-13-24-64-58(62)63/h30-43H,9-29,59-61H2,1-8H3,(H,65,83)(H,66,82)(H,67,84)(H,68,87)(H,69,86)(H,70,90)(H,71,81)(H,72,85)(H,73,88)(H,74,89)(H,75,76)(H,77,78)(H,79,80)(H,91,92)(H4,62,63,64)/t33-,34-,35-,36-,37-,38-,39-,40-,41-,42-,43-/m0/s1. The normalized spacial score (nSPS) is 14.7. The molecule has 0 aliphatic rings. The summed E-state index contributed by atoms with van der Waals surface area (Å²) in [4.78, 5) is 190. The zero-order valence-electron chi connectivity index (χ0n) is 54.7. The predicted molar refractivity (Wildman–Crippen MR) is 344 cm³/mol. The van der Waals surface area contributed by atoms with Crippen LogP contribution in [-0.4, -0.2) is 207 Å². The third-order valence-corrected chi connectivity index (χ3v) is 14.7. The highest BCUT2D eigenvalue weighted by Crippen LogP contribution is 2.14. The lowest BCUT2D eigenvalue weighted by atomic mass is 10.0. The minimum absolute atomic E-state index is 0.0339. The van der Waals surface area contributed by atoms with Gasteiger partial charge in [-0.05, 0) is 140 Å². The summed E-state index contributed by atoms with van der Waals surface area (Å²) in [7, 11) is 0. The van der Waals surface area contributed by atoms with Crippen molar-refractivity contribution >= 4 is 101 Å². The number of hydrogen-bond acceptors (Lipinski definition) is 19.